The van der Waals surface area contributed by atoms with Gasteiger partial charge in [-0.2, -0.15) is 11.8 Å². The highest BCUT2D eigenvalue weighted by atomic mass is 79.9. The van der Waals surface area contributed by atoms with Crippen molar-refractivity contribution in [3.05, 3.63) is 27.7 Å². The van der Waals surface area contributed by atoms with Crippen molar-refractivity contribution in [3.63, 3.8) is 0 Å². The fourth-order valence-electron chi connectivity index (χ4n) is 2.50. The summed E-state index contributed by atoms with van der Waals surface area (Å²) in [4.78, 5) is 0. The first kappa shape index (κ1) is 15.2. The highest BCUT2D eigenvalue weighted by Crippen LogP contribution is 2.33. The summed E-state index contributed by atoms with van der Waals surface area (Å²) in [5, 5.41) is 3.64. The maximum atomic E-state index is 5.81. The first-order valence-corrected chi connectivity index (χ1v) is 9.09. The van der Waals surface area contributed by atoms with Crippen LogP contribution in [0, 0.1) is 0 Å². The second kappa shape index (κ2) is 7.55. The molecule has 0 aliphatic carbocycles. The van der Waals surface area contributed by atoms with Crippen LogP contribution in [-0.2, 0) is 12.8 Å². The van der Waals surface area contributed by atoms with Crippen LogP contribution in [0.15, 0.2) is 16.6 Å². The SMILES string of the molecule is CCCNC(CSC)Cc1cc(Br)cc2c1OCC2. The highest BCUT2D eigenvalue weighted by Gasteiger charge is 2.19. The first-order valence-electron chi connectivity index (χ1n) is 6.91. The van der Waals surface area contributed by atoms with E-state index in [2.05, 4.69) is 46.6 Å². The molecule has 1 aliphatic heterocycles. The minimum absolute atomic E-state index is 0.526. The Balaban J connectivity index is 2.12. The minimum Gasteiger partial charge on any atom is -0.493 e. The smallest absolute Gasteiger partial charge is 0.125 e. The number of halogens is 1. The minimum atomic E-state index is 0.526. The number of nitrogens with one attached hydrogen (secondary N) is 1. The molecule has 0 spiro atoms. The van der Waals surface area contributed by atoms with E-state index in [0.29, 0.717) is 6.04 Å². The Kier molecular flexibility index (Phi) is 6.05. The van der Waals surface area contributed by atoms with Gasteiger partial charge < -0.3 is 10.1 Å². The van der Waals surface area contributed by atoms with E-state index < -0.39 is 0 Å². The van der Waals surface area contributed by atoms with Crippen LogP contribution >= 0.6 is 27.7 Å². The molecular formula is C15H22BrNOS. The van der Waals surface area contributed by atoms with Crippen LogP contribution in [0.4, 0.5) is 0 Å². The molecule has 1 heterocycles. The van der Waals surface area contributed by atoms with Crippen molar-refractivity contribution in [3.8, 4) is 5.75 Å². The molecule has 0 saturated heterocycles. The Morgan fingerprint density at radius 2 is 2.32 bits per heavy atom. The number of hydrogen-bond donors (Lipinski definition) is 1. The average molecular weight is 344 g/mol. The summed E-state index contributed by atoms with van der Waals surface area (Å²) < 4.78 is 6.98. The second-order valence-corrected chi connectivity index (χ2v) is 6.79. The van der Waals surface area contributed by atoms with Gasteiger partial charge in [-0.3, -0.25) is 0 Å². The third kappa shape index (κ3) is 4.14. The molecule has 1 N–H and O–H groups in total. The zero-order valence-corrected chi connectivity index (χ0v) is 14.1. The maximum absolute atomic E-state index is 5.81. The van der Waals surface area contributed by atoms with Gasteiger partial charge in [0.25, 0.3) is 0 Å². The highest BCUT2D eigenvalue weighted by molar-refractivity contribution is 9.10. The molecule has 0 bridgehead atoms. The van der Waals surface area contributed by atoms with E-state index >= 15 is 0 Å². The van der Waals surface area contributed by atoms with Crippen LogP contribution in [0.25, 0.3) is 0 Å². The summed E-state index contributed by atoms with van der Waals surface area (Å²) in [6, 6.07) is 4.93. The monoisotopic (exact) mass is 343 g/mol. The molecule has 2 rings (SSSR count). The Bertz CT molecular complexity index is 425. The fraction of sp³-hybridized carbons (Fsp3) is 0.600. The molecule has 0 radical (unpaired) electrons. The largest absolute Gasteiger partial charge is 0.493 e. The van der Waals surface area contributed by atoms with Crippen molar-refractivity contribution < 1.29 is 4.74 Å². The molecule has 1 aliphatic rings. The van der Waals surface area contributed by atoms with Crippen LogP contribution in [0.1, 0.15) is 24.5 Å². The second-order valence-electron chi connectivity index (χ2n) is 4.96. The number of ether oxygens (including phenoxy) is 1. The first-order chi connectivity index (χ1) is 9.24. The lowest BCUT2D eigenvalue weighted by molar-refractivity contribution is 0.352. The van der Waals surface area contributed by atoms with E-state index in [9.17, 15) is 0 Å². The molecule has 0 saturated carbocycles. The van der Waals surface area contributed by atoms with Crippen LogP contribution in [0.5, 0.6) is 5.75 Å². The normalized spacial score (nSPS) is 15.1. The molecule has 1 aromatic rings. The summed E-state index contributed by atoms with van der Waals surface area (Å²) >= 11 is 5.52. The van der Waals surface area contributed by atoms with Crippen molar-refractivity contribution in [1.29, 1.82) is 0 Å². The lowest BCUT2D eigenvalue weighted by Gasteiger charge is -2.19. The van der Waals surface area contributed by atoms with Gasteiger partial charge in [-0.05, 0) is 48.9 Å². The molecular weight excluding hydrogens is 322 g/mol. The van der Waals surface area contributed by atoms with Crippen molar-refractivity contribution in [1.82, 2.24) is 5.32 Å². The van der Waals surface area contributed by atoms with E-state index in [0.717, 1.165) is 37.5 Å². The Hall–Kier alpha value is -0.190. The fourth-order valence-corrected chi connectivity index (χ4v) is 3.69. The Morgan fingerprint density at radius 3 is 3.05 bits per heavy atom. The summed E-state index contributed by atoms with van der Waals surface area (Å²) in [6.07, 6.45) is 5.43. The van der Waals surface area contributed by atoms with Gasteiger partial charge in [-0.1, -0.05) is 22.9 Å². The van der Waals surface area contributed by atoms with Gasteiger partial charge in [0.1, 0.15) is 5.75 Å². The number of rotatable bonds is 7. The average Bonchev–Trinajstić information content (AvgIpc) is 2.84. The lowest BCUT2D eigenvalue weighted by Crippen LogP contribution is -2.34. The van der Waals surface area contributed by atoms with Gasteiger partial charge in [0.15, 0.2) is 0 Å². The maximum Gasteiger partial charge on any atom is 0.125 e. The van der Waals surface area contributed by atoms with E-state index in [-0.39, 0.29) is 0 Å². The number of benzene rings is 1. The molecule has 1 aromatic carbocycles. The van der Waals surface area contributed by atoms with Crippen LogP contribution in [0.2, 0.25) is 0 Å². The van der Waals surface area contributed by atoms with Gasteiger partial charge in [-0.25, -0.2) is 0 Å². The Labute approximate surface area is 128 Å². The number of hydrogen-bond acceptors (Lipinski definition) is 3. The molecule has 106 valence electrons. The van der Waals surface area contributed by atoms with Gasteiger partial charge in [0.2, 0.25) is 0 Å². The van der Waals surface area contributed by atoms with Crippen molar-refractivity contribution >= 4 is 27.7 Å². The Morgan fingerprint density at radius 1 is 1.47 bits per heavy atom. The summed E-state index contributed by atoms with van der Waals surface area (Å²) in [7, 11) is 0. The van der Waals surface area contributed by atoms with Crippen molar-refractivity contribution in [2.45, 2.75) is 32.2 Å². The van der Waals surface area contributed by atoms with E-state index in [4.69, 9.17) is 4.74 Å². The summed E-state index contributed by atoms with van der Waals surface area (Å²) in [5.74, 6) is 2.27. The molecule has 0 fully saturated rings. The third-order valence-corrected chi connectivity index (χ3v) is 4.54. The third-order valence-electron chi connectivity index (χ3n) is 3.34. The number of thioether (sulfide) groups is 1. The van der Waals surface area contributed by atoms with Gasteiger partial charge in [-0.15, -0.1) is 0 Å². The molecule has 1 atom stereocenters. The van der Waals surface area contributed by atoms with Crippen LogP contribution in [0.3, 0.4) is 0 Å². The van der Waals surface area contributed by atoms with Gasteiger partial charge >= 0.3 is 0 Å². The molecule has 2 nitrogen and oxygen atoms in total. The van der Waals surface area contributed by atoms with Gasteiger partial charge in [0, 0.05) is 22.7 Å². The van der Waals surface area contributed by atoms with E-state index in [1.165, 1.54) is 22.0 Å². The molecule has 19 heavy (non-hydrogen) atoms. The zero-order valence-electron chi connectivity index (χ0n) is 11.7. The standard InChI is InChI=1S/C15H22BrNOS/c1-3-5-17-14(10-19-2)9-12-8-13(16)7-11-4-6-18-15(11)12/h7-8,14,17H,3-6,9-10H2,1-2H3. The van der Waals surface area contributed by atoms with E-state index in [1.54, 1.807) is 0 Å². The van der Waals surface area contributed by atoms with E-state index in [1.807, 2.05) is 11.8 Å². The van der Waals surface area contributed by atoms with Crippen LogP contribution in [-0.4, -0.2) is 31.2 Å². The lowest BCUT2D eigenvalue weighted by atomic mass is 10.0. The van der Waals surface area contributed by atoms with Crippen LogP contribution < -0.4 is 10.1 Å². The summed E-state index contributed by atoms with van der Waals surface area (Å²) in [5.41, 5.74) is 2.69. The number of fused-ring (bicyclic) bond motifs is 1. The molecule has 4 heteroatoms. The van der Waals surface area contributed by atoms with Gasteiger partial charge in [0.05, 0.1) is 6.61 Å². The predicted octanol–water partition coefficient (Wildman–Crippen LogP) is 3.66. The molecule has 0 aromatic heterocycles. The molecule has 0 amide bonds. The quantitative estimate of drug-likeness (QED) is 0.816. The zero-order chi connectivity index (χ0) is 13.7. The topological polar surface area (TPSA) is 21.3 Å². The van der Waals surface area contributed by atoms with Crippen molar-refractivity contribution in [2.75, 3.05) is 25.2 Å². The van der Waals surface area contributed by atoms with Crippen molar-refractivity contribution in [2.24, 2.45) is 0 Å². The summed E-state index contributed by atoms with van der Waals surface area (Å²) in [6.45, 7) is 4.12. The molecule has 1 unspecified atom stereocenters. The predicted molar refractivity (Wildman–Crippen MR) is 87.5 cm³/mol.